The number of hydrogen-bond donors (Lipinski definition) is 2. The Morgan fingerprint density at radius 1 is 1.14 bits per heavy atom. The lowest BCUT2D eigenvalue weighted by atomic mass is 9.85. The minimum absolute atomic E-state index is 0.310. The van der Waals surface area contributed by atoms with Crippen molar-refractivity contribution in [1.29, 1.82) is 0 Å². The van der Waals surface area contributed by atoms with Crippen molar-refractivity contribution in [3.05, 3.63) is 35.4 Å². The van der Waals surface area contributed by atoms with Gasteiger partial charge in [0.15, 0.2) is 0 Å². The number of carbonyl (C=O) groups is 1. The molecule has 0 heterocycles. The van der Waals surface area contributed by atoms with Gasteiger partial charge in [-0.05, 0) is 35.8 Å². The molecule has 2 rings (SSSR count). The Kier molecular flexibility index (Phi) is 5.40. The van der Waals surface area contributed by atoms with E-state index in [4.69, 9.17) is 0 Å². The highest BCUT2D eigenvalue weighted by Crippen LogP contribution is 2.27. The predicted octanol–water partition coefficient (Wildman–Crippen LogP) is 4.10. The molecule has 2 N–H and O–H groups in total. The van der Waals surface area contributed by atoms with Crippen molar-refractivity contribution in [3.8, 4) is 0 Å². The lowest BCUT2D eigenvalue weighted by molar-refractivity contribution is -0.140. The van der Waals surface area contributed by atoms with Crippen molar-refractivity contribution < 1.29 is 9.90 Å². The maximum absolute atomic E-state index is 11.6. The van der Waals surface area contributed by atoms with E-state index >= 15 is 0 Å². The van der Waals surface area contributed by atoms with Crippen molar-refractivity contribution in [2.24, 2.45) is 5.92 Å². The highest BCUT2D eigenvalue weighted by atomic mass is 16.4. The van der Waals surface area contributed by atoms with Crippen molar-refractivity contribution in [2.75, 3.05) is 0 Å². The lowest BCUT2D eigenvalue weighted by Gasteiger charge is -2.32. The quantitative estimate of drug-likeness (QED) is 0.858. The van der Waals surface area contributed by atoms with Gasteiger partial charge in [-0.3, -0.25) is 10.1 Å². The molecule has 0 saturated heterocycles. The Balaban J connectivity index is 2.12. The second-order valence-corrected chi connectivity index (χ2v) is 6.63. The van der Waals surface area contributed by atoms with Crippen LogP contribution >= 0.6 is 0 Å². The maximum atomic E-state index is 11.6. The first kappa shape index (κ1) is 16.0. The summed E-state index contributed by atoms with van der Waals surface area (Å²) in [6.07, 6.45) is 4.73. The number of rotatable bonds is 5. The fraction of sp³-hybridized carbons (Fsp3) is 0.611. The van der Waals surface area contributed by atoms with Gasteiger partial charge in [0, 0.05) is 6.04 Å². The number of carboxylic acid groups (broad SMARTS) is 1. The molecule has 116 valence electrons. The molecule has 0 aliphatic heterocycles. The molecule has 1 fully saturated rings. The van der Waals surface area contributed by atoms with E-state index in [9.17, 15) is 9.90 Å². The average Bonchev–Trinajstić information content (AvgIpc) is 2.46. The molecule has 0 aromatic heterocycles. The molecule has 3 unspecified atom stereocenters. The summed E-state index contributed by atoms with van der Waals surface area (Å²) in [6.45, 7) is 6.51. The third kappa shape index (κ3) is 4.07. The average molecular weight is 289 g/mol. The smallest absolute Gasteiger partial charge is 0.325 e. The van der Waals surface area contributed by atoms with Crippen LogP contribution in [0, 0.1) is 5.92 Å². The van der Waals surface area contributed by atoms with Crippen LogP contribution < -0.4 is 5.32 Å². The van der Waals surface area contributed by atoms with Gasteiger partial charge < -0.3 is 5.11 Å². The van der Waals surface area contributed by atoms with E-state index in [1.807, 2.05) is 24.3 Å². The Morgan fingerprint density at radius 3 is 2.24 bits per heavy atom. The molecule has 3 nitrogen and oxygen atoms in total. The normalized spacial score (nSPS) is 24.0. The molecular formula is C18H27NO2. The Hall–Kier alpha value is -1.35. The zero-order valence-electron chi connectivity index (χ0n) is 13.3. The van der Waals surface area contributed by atoms with Gasteiger partial charge in [0.1, 0.15) is 6.04 Å². The summed E-state index contributed by atoms with van der Waals surface area (Å²) < 4.78 is 0. The number of nitrogens with one attached hydrogen (secondary N) is 1. The van der Waals surface area contributed by atoms with Gasteiger partial charge in [-0.15, -0.1) is 0 Å². The largest absolute Gasteiger partial charge is 0.480 e. The van der Waals surface area contributed by atoms with E-state index in [0.29, 0.717) is 17.9 Å². The minimum Gasteiger partial charge on any atom is -0.480 e. The summed E-state index contributed by atoms with van der Waals surface area (Å²) in [7, 11) is 0. The molecule has 0 spiro atoms. The topological polar surface area (TPSA) is 49.3 Å². The van der Waals surface area contributed by atoms with Crippen LogP contribution in [-0.4, -0.2) is 17.1 Å². The molecule has 1 aliphatic rings. The summed E-state index contributed by atoms with van der Waals surface area (Å²) in [5.41, 5.74) is 2.10. The second kappa shape index (κ2) is 7.08. The predicted molar refractivity (Wildman–Crippen MR) is 85.5 cm³/mol. The maximum Gasteiger partial charge on any atom is 0.325 e. The SMILES string of the molecule is CC(C)c1ccc(C(NC2CCCCC2C)C(=O)O)cc1. The van der Waals surface area contributed by atoms with Gasteiger partial charge in [-0.2, -0.15) is 0 Å². The number of carboxylic acids is 1. The van der Waals surface area contributed by atoms with Crippen LogP contribution in [0.15, 0.2) is 24.3 Å². The van der Waals surface area contributed by atoms with E-state index < -0.39 is 12.0 Å². The van der Waals surface area contributed by atoms with E-state index in [2.05, 4.69) is 26.1 Å². The molecule has 0 radical (unpaired) electrons. The molecule has 1 aliphatic carbocycles. The molecular weight excluding hydrogens is 262 g/mol. The lowest BCUT2D eigenvalue weighted by Crippen LogP contribution is -2.42. The molecule has 3 atom stereocenters. The molecule has 3 heteroatoms. The number of benzene rings is 1. The fourth-order valence-corrected chi connectivity index (χ4v) is 3.16. The Morgan fingerprint density at radius 2 is 1.71 bits per heavy atom. The van der Waals surface area contributed by atoms with Crippen LogP contribution in [0.3, 0.4) is 0 Å². The molecule has 1 aromatic carbocycles. The summed E-state index contributed by atoms with van der Waals surface area (Å²) in [4.78, 5) is 11.6. The fourth-order valence-electron chi connectivity index (χ4n) is 3.16. The van der Waals surface area contributed by atoms with Gasteiger partial charge in [0.2, 0.25) is 0 Å². The standard InChI is InChI=1S/C18H27NO2/c1-12(2)14-8-10-15(11-9-14)17(18(20)21)19-16-7-5-4-6-13(16)3/h8-13,16-17,19H,4-7H2,1-3H3,(H,20,21). The second-order valence-electron chi connectivity index (χ2n) is 6.63. The van der Waals surface area contributed by atoms with Crippen molar-refractivity contribution in [2.45, 2.75) is 64.5 Å². The monoisotopic (exact) mass is 289 g/mol. The number of hydrogen-bond acceptors (Lipinski definition) is 2. The van der Waals surface area contributed by atoms with Crippen LogP contribution in [0.25, 0.3) is 0 Å². The Bertz CT molecular complexity index is 467. The van der Waals surface area contributed by atoms with Gasteiger partial charge in [-0.1, -0.05) is 57.9 Å². The minimum atomic E-state index is -0.787. The van der Waals surface area contributed by atoms with Crippen LogP contribution in [0.4, 0.5) is 0 Å². The first-order valence-electron chi connectivity index (χ1n) is 8.07. The van der Waals surface area contributed by atoms with E-state index in [0.717, 1.165) is 12.0 Å². The summed E-state index contributed by atoms with van der Waals surface area (Å²) in [5, 5.41) is 12.9. The summed E-state index contributed by atoms with van der Waals surface area (Å²) >= 11 is 0. The third-order valence-corrected chi connectivity index (χ3v) is 4.68. The van der Waals surface area contributed by atoms with E-state index in [1.165, 1.54) is 24.8 Å². The highest BCUT2D eigenvalue weighted by Gasteiger charge is 2.28. The first-order chi connectivity index (χ1) is 9.99. The Labute approximate surface area is 127 Å². The van der Waals surface area contributed by atoms with Gasteiger partial charge in [0.25, 0.3) is 0 Å². The van der Waals surface area contributed by atoms with Crippen LogP contribution in [0.2, 0.25) is 0 Å². The van der Waals surface area contributed by atoms with Gasteiger partial charge in [-0.25, -0.2) is 0 Å². The van der Waals surface area contributed by atoms with Crippen LogP contribution in [0.5, 0.6) is 0 Å². The van der Waals surface area contributed by atoms with Crippen molar-refractivity contribution in [1.82, 2.24) is 5.32 Å². The molecule has 1 saturated carbocycles. The zero-order chi connectivity index (χ0) is 15.4. The first-order valence-corrected chi connectivity index (χ1v) is 8.07. The molecule has 1 aromatic rings. The number of aliphatic carboxylic acids is 1. The van der Waals surface area contributed by atoms with Gasteiger partial charge >= 0.3 is 5.97 Å². The molecule has 0 bridgehead atoms. The van der Waals surface area contributed by atoms with Gasteiger partial charge in [0.05, 0.1) is 0 Å². The van der Waals surface area contributed by atoms with Crippen molar-refractivity contribution in [3.63, 3.8) is 0 Å². The van der Waals surface area contributed by atoms with Crippen molar-refractivity contribution >= 4 is 5.97 Å². The summed E-state index contributed by atoms with van der Waals surface area (Å²) in [6, 6.07) is 7.70. The van der Waals surface area contributed by atoms with Crippen LogP contribution in [0.1, 0.15) is 69.5 Å². The zero-order valence-corrected chi connectivity index (χ0v) is 13.3. The summed E-state index contributed by atoms with van der Waals surface area (Å²) in [5.74, 6) is 0.231. The third-order valence-electron chi connectivity index (χ3n) is 4.68. The van der Waals surface area contributed by atoms with E-state index in [1.54, 1.807) is 0 Å². The molecule has 0 amide bonds. The van der Waals surface area contributed by atoms with E-state index in [-0.39, 0.29) is 0 Å². The highest BCUT2D eigenvalue weighted by molar-refractivity contribution is 5.75. The molecule has 21 heavy (non-hydrogen) atoms. The van der Waals surface area contributed by atoms with Crippen LogP contribution in [-0.2, 0) is 4.79 Å².